The van der Waals surface area contributed by atoms with Crippen molar-refractivity contribution in [2.45, 2.75) is 19.8 Å². The Labute approximate surface area is 55.8 Å². The molecule has 0 aliphatic heterocycles. The molecule has 0 saturated carbocycles. The molecular formula is C7H12O2. The van der Waals surface area contributed by atoms with Crippen LogP contribution in [-0.2, 0) is 4.74 Å². The average Bonchev–Trinajstić information content (AvgIpc) is 1.89. The van der Waals surface area contributed by atoms with E-state index in [2.05, 4.69) is 12.8 Å². The minimum absolute atomic E-state index is 0.344. The van der Waals surface area contributed by atoms with Crippen molar-refractivity contribution in [2.75, 3.05) is 13.2 Å². The van der Waals surface area contributed by atoms with E-state index in [1.165, 1.54) is 0 Å². The first-order valence-electron chi connectivity index (χ1n) is 3.11. The third-order valence-corrected chi connectivity index (χ3v) is 0.896. The number of hydrogen-bond acceptors (Lipinski definition) is 2. The fraction of sp³-hybridized carbons (Fsp3) is 0.714. The molecule has 0 spiro atoms. The van der Waals surface area contributed by atoms with Gasteiger partial charge in [-0.3, -0.25) is 0 Å². The predicted molar refractivity (Wildman–Crippen MR) is 35.4 cm³/mol. The van der Waals surface area contributed by atoms with Crippen LogP contribution in [0.2, 0.25) is 0 Å². The molecule has 0 aliphatic carbocycles. The van der Waals surface area contributed by atoms with E-state index in [0.717, 1.165) is 19.4 Å². The minimum Gasteiger partial charge on any atom is -0.462 e. The zero-order chi connectivity index (χ0) is 6.95. The van der Waals surface area contributed by atoms with E-state index in [1.54, 1.807) is 6.11 Å². The Kier molecular flexibility index (Phi) is 6.77. The first kappa shape index (κ1) is 8.32. The van der Waals surface area contributed by atoms with Gasteiger partial charge in [-0.25, -0.2) is 0 Å². The second-order valence-electron chi connectivity index (χ2n) is 1.69. The third kappa shape index (κ3) is 7.32. The van der Waals surface area contributed by atoms with Gasteiger partial charge in [0.05, 0.1) is 0 Å². The van der Waals surface area contributed by atoms with Crippen LogP contribution in [0.15, 0.2) is 0 Å². The van der Waals surface area contributed by atoms with Crippen molar-refractivity contribution in [1.29, 1.82) is 0 Å². The van der Waals surface area contributed by atoms with Gasteiger partial charge in [-0.2, -0.15) is 0 Å². The van der Waals surface area contributed by atoms with Crippen LogP contribution in [0.3, 0.4) is 0 Å². The lowest BCUT2D eigenvalue weighted by molar-refractivity contribution is 0.163. The van der Waals surface area contributed by atoms with Crippen LogP contribution in [0.4, 0.5) is 0 Å². The zero-order valence-electron chi connectivity index (χ0n) is 5.68. The second kappa shape index (κ2) is 7.32. The molecule has 0 unspecified atom stereocenters. The Morgan fingerprint density at radius 3 is 2.89 bits per heavy atom. The molecule has 52 valence electrons. The van der Waals surface area contributed by atoms with E-state index in [1.807, 2.05) is 0 Å². The standard InChI is InChI=1S/C7H12O2/c1-2-3-6-9-7-4-5-8/h8H,2-3,6-7H2,1H3. The van der Waals surface area contributed by atoms with Crippen molar-refractivity contribution in [1.82, 2.24) is 0 Å². The molecule has 0 atom stereocenters. The maximum atomic E-state index is 7.98. The van der Waals surface area contributed by atoms with Gasteiger partial charge in [0, 0.05) is 6.61 Å². The van der Waals surface area contributed by atoms with Crippen LogP contribution in [0.25, 0.3) is 0 Å². The number of rotatable bonds is 4. The molecule has 0 fully saturated rings. The Bertz CT molecular complexity index is 99.2. The monoisotopic (exact) mass is 128 g/mol. The summed E-state index contributed by atoms with van der Waals surface area (Å²) in [7, 11) is 0. The van der Waals surface area contributed by atoms with Crippen LogP contribution in [0, 0.1) is 12.0 Å². The largest absolute Gasteiger partial charge is 0.462 e. The van der Waals surface area contributed by atoms with Crippen LogP contribution in [0.1, 0.15) is 19.8 Å². The summed E-state index contributed by atoms with van der Waals surface area (Å²) in [4.78, 5) is 0. The molecule has 0 aromatic heterocycles. The molecule has 0 aliphatic rings. The van der Waals surface area contributed by atoms with E-state index in [9.17, 15) is 0 Å². The summed E-state index contributed by atoms with van der Waals surface area (Å²) in [5.41, 5.74) is 0. The highest BCUT2D eigenvalue weighted by molar-refractivity contribution is 4.89. The van der Waals surface area contributed by atoms with E-state index in [4.69, 9.17) is 9.84 Å². The van der Waals surface area contributed by atoms with Crippen LogP contribution >= 0.6 is 0 Å². The number of hydrogen-bond donors (Lipinski definition) is 1. The maximum Gasteiger partial charge on any atom is 0.111 e. The molecule has 0 rings (SSSR count). The lowest BCUT2D eigenvalue weighted by Crippen LogP contribution is -1.93. The van der Waals surface area contributed by atoms with Crippen molar-refractivity contribution >= 4 is 0 Å². The summed E-state index contributed by atoms with van der Waals surface area (Å²) in [6.07, 6.45) is 3.96. The van der Waals surface area contributed by atoms with Crippen LogP contribution in [0.5, 0.6) is 0 Å². The van der Waals surface area contributed by atoms with E-state index in [0.29, 0.717) is 6.61 Å². The summed E-state index contributed by atoms with van der Waals surface area (Å²) in [6.45, 7) is 3.18. The topological polar surface area (TPSA) is 29.5 Å². The van der Waals surface area contributed by atoms with Gasteiger partial charge >= 0.3 is 0 Å². The van der Waals surface area contributed by atoms with Crippen molar-refractivity contribution in [3.63, 3.8) is 0 Å². The van der Waals surface area contributed by atoms with Gasteiger partial charge in [0.15, 0.2) is 0 Å². The lowest BCUT2D eigenvalue weighted by Gasteiger charge is -1.94. The van der Waals surface area contributed by atoms with Gasteiger partial charge in [-0.15, -0.1) is 0 Å². The summed E-state index contributed by atoms with van der Waals surface area (Å²) >= 11 is 0. The quantitative estimate of drug-likeness (QED) is 0.454. The van der Waals surface area contributed by atoms with Crippen molar-refractivity contribution < 1.29 is 9.84 Å². The molecule has 0 heterocycles. The van der Waals surface area contributed by atoms with Crippen LogP contribution < -0.4 is 0 Å². The summed E-state index contributed by atoms with van der Waals surface area (Å²) in [6, 6.07) is 0. The number of unbranched alkanes of at least 4 members (excludes halogenated alkanes) is 1. The van der Waals surface area contributed by atoms with Gasteiger partial charge < -0.3 is 9.84 Å². The molecule has 0 radical (unpaired) electrons. The number of aliphatic hydroxyl groups is 1. The smallest absolute Gasteiger partial charge is 0.111 e. The van der Waals surface area contributed by atoms with Crippen molar-refractivity contribution in [3.8, 4) is 12.0 Å². The number of ether oxygens (including phenoxy) is 1. The SMILES string of the molecule is CCCCOCC#CO. The summed E-state index contributed by atoms with van der Waals surface area (Å²) in [5, 5.41) is 7.98. The number of aliphatic hydroxyl groups excluding tert-OH is 1. The average molecular weight is 128 g/mol. The fourth-order valence-electron chi connectivity index (χ4n) is 0.402. The molecule has 2 nitrogen and oxygen atoms in total. The van der Waals surface area contributed by atoms with Gasteiger partial charge in [0.2, 0.25) is 0 Å². The van der Waals surface area contributed by atoms with E-state index in [-0.39, 0.29) is 0 Å². The molecule has 0 aromatic rings. The van der Waals surface area contributed by atoms with Gasteiger partial charge in [0.25, 0.3) is 0 Å². The van der Waals surface area contributed by atoms with E-state index >= 15 is 0 Å². The zero-order valence-corrected chi connectivity index (χ0v) is 5.68. The fourth-order valence-corrected chi connectivity index (χ4v) is 0.402. The predicted octanol–water partition coefficient (Wildman–Crippen LogP) is 1.14. The first-order valence-corrected chi connectivity index (χ1v) is 3.11. The van der Waals surface area contributed by atoms with Gasteiger partial charge in [-0.05, 0) is 12.3 Å². The lowest BCUT2D eigenvalue weighted by atomic mass is 10.4. The second-order valence-corrected chi connectivity index (χ2v) is 1.69. The minimum atomic E-state index is 0.344. The van der Waals surface area contributed by atoms with Crippen LogP contribution in [-0.4, -0.2) is 18.3 Å². The summed E-state index contributed by atoms with van der Waals surface area (Å²) in [5.74, 6) is 2.39. The maximum absolute atomic E-state index is 7.98. The van der Waals surface area contributed by atoms with Crippen molar-refractivity contribution in [2.24, 2.45) is 0 Å². The molecule has 9 heavy (non-hydrogen) atoms. The Balaban J connectivity index is 2.80. The third-order valence-electron chi connectivity index (χ3n) is 0.896. The highest BCUT2D eigenvalue weighted by Crippen LogP contribution is 1.85. The molecule has 0 bridgehead atoms. The van der Waals surface area contributed by atoms with Crippen molar-refractivity contribution in [3.05, 3.63) is 0 Å². The Hall–Kier alpha value is -0.680. The highest BCUT2D eigenvalue weighted by Gasteiger charge is 1.81. The van der Waals surface area contributed by atoms with Gasteiger partial charge in [0.1, 0.15) is 12.7 Å². The molecule has 0 amide bonds. The Morgan fingerprint density at radius 2 is 2.33 bits per heavy atom. The molecule has 1 N–H and O–H groups in total. The highest BCUT2D eigenvalue weighted by atomic mass is 16.5. The molecule has 0 aromatic carbocycles. The molecule has 0 saturated heterocycles. The summed E-state index contributed by atoms with van der Waals surface area (Å²) < 4.78 is 4.98. The van der Waals surface area contributed by atoms with E-state index < -0.39 is 0 Å². The molecular weight excluding hydrogens is 116 g/mol. The Morgan fingerprint density at radius 1 is 1.56 bits per heavy atom. The normalized spacial score (nSPS) is 8.11. The first-order chi connectivity index (χ1) is 4.41. The molecule has 2 heteroatoms. The van der Waals surface area contributed by atoms with Gasteiger partial charge in [-0.1, -0.05) is 13.3 Å².